The number of nitrogens with zero attached hydrogens (tertiary/aromatic N) is 1. The van der Waals surface area contributed by atoms with E-state index in [0.717, 1.165) is 38.5 Å². The smallest absolute Gasteiger partial charge is 0.220 e. The monoisotopic (exact) mass is 241 g/mol. The second-order valence-electron chi connectivity index (χ2n) is 5.08. The maximum Gasteiger partial charge on any atom is 0.220 e. The van der Waals surface area contributed by atoms with Gasteiger partial charge in [-0.25, -0.2) is 0 Å². The number of rotatable bonds is 9. The normalized spacial score (nSPS) is 17.2. The van der Waals surface area contributed by atoms with Crippen LogP contribution in [0, 0.1) is 0 Å². The van der Waals surface area contributed by atoms with Crippen LogP contribution in [0.4, 0.5) is 0 Å². The number of hydrogen-bond donors (Lipinski definition) is 2. The first-order valence-corrected chi connectivity index (χ1v) is 6.89. The van der Waals surface area contributed by atoms with Crippen LogP contribution in [0.15, 0.2) is 0 Å². The van der Waals surface area contributed by atoms with Crippen molar-refractivity contribution in [3.05, 3.63) is 0 Å². The van der Waals surface area contributed by atoms with E-state index in [1.807, 2.05) is 6.92 Å². The zero-order chi connectivity index (χ0) is 12.7. The van der Waals surface area contributed by atoms with Gasteiger partial charge in [-0.1, -0.05) is 6.92 Å². The Bertz CT molecular complexity index is 227. The van der Waals surface area contributed by atoms with E-state index in [-0.39, 0.29) is 11.9 Å². The van der Waals surface area contributed by atoms with Gasteiger partial charge in [0, 0.05) is 31.6 Å². The third-order valence-electron chi connectivity index (χ3n) is 3.25. The molecule has 17 heavy (non-hydrogen) atoms. The van der Waals surface area contributed by atoms with Crippen LogP contribution in [0.25, 0.3) is 0 Å². The van der Waals surface area contributed by atoms with Crippen LogP contribution in [0.3, 0.4) is 0 Å². The minimum absolute atomic E-state index is 0.164. The van der Waals surface area contributed by atoms with Gasteiger partial charge in [-0.3, -0.25) is 9.69 Å². The first-order valence-electron chi connectivity index (χ1n) is 6.89. The summed E-state index contributed by atoms with van der Waals surface area (Å²) in [6, 6.07) is 0.989. The molecule has 100 valence electrons. The first-order chi connectivity index (χ1) is 8.13. The molecule has 1 saturated carbocycles. The molecule has 1 amide bonds. The highest BCUT2D eigenvalue weighted by Crippen LogP contribution is 2.25. The van der Waals surface area contributed by atoms with Crippen LogP contribution in [0.2, 0.25) is 0 Å². The summed E-state index contributed by atoms with van der Waals surface area (Å²) in [5.41, 5.74) is 5.64. The van der Waals surface area contributed by atoms with E-state index in [1.54, 1.807) is 0 Å². The number of likely N-dealkylation sites (N-methyl/N-ethyl adjacent to an activating group) is 1. The molecule has 0 aromatic heterocycles. The second kappa shape index (κ2) is 7.67. The van der Waals surface area contributed by atoms with Crippen molar-refractivity contribution in [3.63, 3.8) is 0 Å². The van der Waals surface area contributed by atoms with Gasteiger partial charge in [-0.15, -0.1) is 0 Å². The fourth-order valence-electron chi connectivity index (χ4n) is 2.05. The van der Waals surface area contributed by atoms with Crippen LogP contribution in [-0.4, -0.2) is 42.5 Å². The second-order valence-corrected chi connectivity index (χ2v) is 5.08. The van der Waals surface area contributed by atoms with Gasteiger partial charge in [0.2, 0.25) is 5.91 Å². The summed E-state index contributed by atoms with van der Waals surface area (Å²) >= 11 is 0. The quantitative estimate of drug-likeness (QED) is 0.635. The van der Waals surface area contributed by atoms with Crippen molar-refractivity contribution >= 4 is 5.91 Å². The molecule has 0 heterocycles. The zero-order valence-electron chi connectivity index (χ0n) is 11.2. The highest BCUT2D eigenvalue weighted by Gasteiger charge is 2.27. The third-order valence-corrected chi connectivity index (χ3v) is 3.25. The summed E-state index contributed by atoms with van der Waals surface area (Å²) in [7, 11) is 0. The van der Waals surface area contributed by atoms with Gasteiger partial charge in [0.1, 0.15) is 0 Å². The van der Waals surface area contributed by atoms with Crippen LogP contribution in [-0.2, 0) is 4.79 Å². The SMILES string of the molecule is CCN(CCNC(=O)CCCC(C)N)C1CC1. The molecule has 0 aromatic carbocycles. The maximum absolute atomic E-state index is 11.5. The molecule has 1 unspecified atom stereocenters. The van der Waals surface area contributed by atoms with Crippen LogP contribution in [0.1, 0.15) is 46.0 Å². The van der Waals surface area contributed by atoms with Crippen LogP contribution in [0.5, 0.6) is 0 Å². The summed E-state index contributed by atoms with van der Waals surface area (Å²) in [5.74, 6) is 0.164. The van der Waals surface area contributed by atoms with Gasteiger partial charge >= 0.3 is 0 Å². The van der Waals surface area contributed by atoms with E-state index < -0.39 is 0 Å². The standard InChI is InChI=1S/C13H27N3O/c1-3-16(12-7-8-12)10-9-15-13(17)6-4-5-11(2)14/h11-12H,3-10,14H2,1-2H3,(H,15,17). The number of nitrogens with one attached hydrogen (secondary N) is 1. The lowest BCUT2D eigenvalue weighted by molar-refractivity contribution is -0.121. The third kappa shape index (κ3) is 6.64. The van der Waals surface area contributed by atoms with E-state index in [9.17, 15) is 4.79 Å². The Kier molecular flexibility index (Phi) is 6.52. The van der Waals surface area contributed by atoms with Gasteiger partial charge < -0.3 is 11.1 Å². The Morgan fingerprint density at radius 3 is 2.76 bits per heavy atom. The topological polar surface area (TPSA) is 58.4 Å². The fraction of sp³-hybridized carbons (Fsp3) is 0.923. The van der Waals surface area contributed by atoms with E-state index >= 15 is 0 Å². The fourth-order valence-corrected chi connectivity index (χ4v) is 2.05. The molecule has 1 aliphatic carbocycles. The van der Waals surface area contributed by atoms with Gasteiger partial charge in [-0.2, -0.15) is 0 Å². The van der Waals surface area contributed by atoms with Crippen molar-refractivity contribution in [1.82, 2.24) is 10.2 Å². The highest BCUT2D eigenvalue weighted by atomic mass is 16.1. The zero-order valence-corrected chi connectivity index (χ0v) is 11.2. The summed E-state index contributed by atoms with van der Waals surface area (Å²) in [6.45, 7) is 7.02. The molecule has 0 radical (unpaired) electrons. The number of nitrogens with two attached hydrogens (primary N) is 1. The summed E-state index contributed by atoms with van der Waals surface area (Å²) < 4.78 is 0. The van der Waals surface area contributed by atoms with Gasteiger partial charge in [0.05, 0.1) is 0 Å². The summed E-state index contributed by atoms with van der Waals surface area (Å²) in [4.78, 5) is 14.0. The molecular formula is C13H27N3O. The van der Waals surface area contributed by atoms with Crippen molar-refractivity contribution < 1.29 is 4.79 Å². The molecule has 0 bridgehead atoms. The lowest BCUT2D eigenvalue weighted by Gasteiger charge is -2.19. The highest BCUT2D eigenvalue weighted by molar-refractivity contribution is 5.75. The Balaban J connectivity index is 1.99. The molecule has 1 atom stereocenters. The number of carbonyl (C=O) groups excluding carboxylic acids is 1. The molecule has 1 rings (SSSR count). The van der Waals surface area contributed by atoms with Gasteiger partial charge in [0.15, 0.2) is 0 Å². The molecular weight excluding hydrogens is 214 g/mol. The van der Waals surface area contributed by atoms with Crippen molar-refractivity contribution in [1.29, 1.82) is 0 Å². The number of hydrogen-bond acceptors (Lipinski definition) is 3. The molecule has 0 saturated heterocycles. The maximum atomic E-state index is 11.5. The largest absolute Gasteiger partial charge is 0.355 e. The lowest BCUT2D eigenvalue weighted by Crippen LogP contribution is -2.36. The Labute approximate surface area is 105 Å². The predicted molar refractivity (Wildman–Crippen MR) is 70.8 cm³/mol. The molecule has 1 fully saturated rings. The average molecular weight is 241 g/mol. The Morgan fingerprint density at radius 1 is 1.53 bits per heavy atom. The summed E-state index contributed by atoms with van der Waals surface area (Å²) in [6.07, 6.45) is 5.09. The van der Waals surface area contributed by atoms with Crippen LogP contribution >= 0.6 is 0 Å². The van der Waals surface area contributed by atoms with Crippen LogP contribution < -0.4 is 11.1 Å². The Hall–Kier alpha value is -0.610. The minimum atomic E-state index is 0.164. The molecule has 4 heteroatoms. The van der Waals surface area contributed by atoms with Gasteiger partial charge in [0.25, 0.3) is 0 Å². The van der Waals surface area contributed by atoms with Crippen molar-refractivity contribution in [2.45, 2.75) is 58.0 Å². The molecule has 0 spiro atoms. The van der Waals surface area contributed by atoms with Crippen molar-refractivity contribution in [2.75, 3.05) is 19.6 Å². The molecule has 4 nitrogen and oxygen atoms in total. The van der Waals surface area contributed by atoms with Crippen molar-refractivity contribution in [2.24, 2.45) is 5.73 Å². The van der Waals surface area contributed by atoms with E-state index in [2.05, 4.69) is 17.1 Å². The lowest BCUT2D eigenvalue weighted by atomic mass is 10.1. The van der Waals surface area contributed by atoms with E-state index in [4.69, 9.17) is 5.73 Å². The summed E-state index contributed by atoms with van der Waals surface area (Å²) in [5, 5.41) is 2.98. The van der Waals surface area contributed by atoms with Crippen molar-refractivity contribution in [3.8, 4) is 0 Å². The average Bonchev–Trinajstić information content (AvgIpc) is 3.08. The van der Waals surface area contributed by atoms with Gasteiger partial charge in [-0.05, 0) is 39.2 Å². The molecule has 1 aliphatic rings. The van der Waals surface area contributed by atoms with E-state index in [1.165, 1.54) is 12.8 Å². The molecule has 3 N–H and O–H groups in total. The van der Waals surface area contributed by atoms with E-state index in [0.29, 0.717) is 6.42 Å². The predicted octanol–water partition coefficient (Wildman–Crippen LogP) is 1.10. The number of amides is 1. The molecule has 0 aromatic rings. The molecule has 0 aliphatic heterocycles. The minimum Gasteiger partial charge on any atom is -0.355 e. The first kappa shape index (κ1) is 14.5. The Morgan fingerprint density at radius 2 is 2.24 bits per heavy atom. The number of carbonyl (C=O) groups is 1.